The molecule has 3 atom stereocenters. The quantitative estimate of drug-likeness (QED) is 0.739. The van der Waals surface area contributed by atoms with Gasteiger partial charge < -0.3 is 15.5 Å². The van der Waals surface area contributed by atoms with Gasteiger partial charge in [0.2, 0.25) is 0 Å². The number of nitrogens with zero attached hydrogens (tertiary/aromatic N) is 3. The lowest BCUT2D eigenvalue weighted by atomic mass is 10.0. The van der Waals surface area contributed by atoms with Crippen molar-refractivity contribution in [2.45, 2.75) is 51.0 Å². The van der Waals surface area contributed by atoms with Crippen molar-refractivity contribution in [3.63, 3.8) is 0 Å². The summed E-state index contributed by atoms with van der Waals surface area (Å²) in [5.41, 5.74) is 2.16. The Morgan fingerprint density at radius 2 is 2.00 bits per heavy atom. The second-order valence-corrected chi connectivity index (χ2v) is 8.00. The topological polar surface area (TPSA) is 62.2 Å². The second kappa shape index (κ2) is 8.67. The number of rotatable bonds is 6. The van der Waals surface area contributed by atoms with Crippen molar-refractivity contribution in [3.05, 3.63) is 47.2 Å². The normalized spacial score (nSPS) is 19.9. The van der Waals surface area contributed by atoms with Crippen LogP contribution >= 0.6 is 0 Å². The van der Waals surface area contributed by atoms with Crippen LogP contribution in [0.3, 0.4) is 0 Å². The molecule has 0 aliphatic carbocycles. The van der Waals surface area contributed by atoms with Crippen LogP contribution in [0.4, 0.5) is 19.0 Å². The Morgan fingerprint density at radius 1 is 1.33 bits per heavy atom. The predicted molar refractivity (Wildman–Crippen MR) is 110 cm³/mol. The standard InChI is InChI=1S/C21H28F3N5O/c1-5-15-10-18(21(22,23)24)29-19(26-15)11-16(27-29)20(30)25-12-17(28(3)4)14-8-6-13(2)7-9-14/h6-9,11,15,17-18,26H,5,10,12H2,1-4H3,(H,25,30)/t15-,17?,18-/m1/s1. The van der Waals surface area contributed by atoms with Crippen LogP contribution in [-0.4, -0.2) is 53.4 Å². The van der Waals surface area contributed by atoms with Crippen molar-refractivity contribution in [1.82, 2.24) is 20.0 Å². The number of halogens is 3. The number of nitrogens with one attached hydrogen (secondary N) is 2. The van der Waals surface area contributed by atoms with Crippen molar-refractivity contribution in [3.8, 4) is 0 Å². The lowest BCUT2D eigenvalue weighted by Gasteiger charge is -2.32. The van der Waals surface area contributed by atoms with E-state index >= 15 is 0 Å². The highest BCUT2D eigenvalue weighted by Crippen LogP contribution is 2.39. The maximum absolute atomic E-state index is 13.5. The van der Waals surface area contributed by atoms with Gasteiger partial charge in [0.05, 0.1) is 6.04 Å². The lowest BCUT2D eigenvalue weighted by Crippen LogP contribution is -2.39. The largest absolute Gasteiger partial charge is 0.410 e. The van der Waals surface area contributed by atoms with Gasteiger partial charge in [0.15, 0.2) is 11.7 Å². The Balaban J connectivity index is 1.76. The average molecular weight is 423 g/mol. The SMILES string of the molecule is CC[C@@H]1C[C@H](C(F)(F)F)n2nc(C(=O)NCC(c3ccc(C)cc3)N(C)C)cc2N1. The van der Waals surface area contributed by atoms with Crippen LogP contribution in [0.2, 0.25) is 0 Å². The van der Waals surface area contributed by atoms with Gasteiger partial charge in [-0.3, -0.25) is 4.79 Å². The molecule has 0 spiro atoms. The third-order valence-corrected chi connectivity index (χ3v) is 5.54. The van der Waals surface area contributed by atoms with Gasteiger partial charge in [0.25, 0.3) is 5.91 Å². The molecule has 0 saturated carbocycles. The lowest BCUT2D eigenvalue weighted by molar-refractivity contribution is -0.173. The number of anilines is 1. The summed E-state index contributed by atoms with van der Waals surface area (Å²) >= 11 is 0. The van der Waals surface area contributed by atoms with E-state index in [0.717, 1.165) is 15.8 Å². The maximum atomic E-state index is 13.5. The van der Waals surface area contributed by atoms with E-state index in [0.29, 0.717) is 13.0 Å². The highest BCUT2D eigenvalue weighted by atomic mass is 19.4. The Hall–Kier alpha value is -2.55. The van der Waals surface area contributed by atoms with Crippen LogP contribution in [0.5, 0.6) is 0 Å². The van der Waals surface area contributed by atoms with Crippen molar-refractivity contribution in [1.29, 1.82) is 0 Å². The van der Waals surface area contributed by atoms with E-state index in [9.17, 15) is 18.0 Å². The predicted octanol–water partition coefficient (Wildman–Crippen LogP) is 3.92. The molecule has 164 valence electrons. The molecule has 1 aliphatic heterocycles. The van der Waals surface area contributed by atoms with E-state index in [2.05, 4.69) is 15.7 Å². The zero-order chi connectivity index (χ0) is 22.1. The Bertz CT molecular complexity index is 876. The number of carbonyl (C=O) groups excluding carboxylic acids is 1. The van der Waals surface area contributed by atoms with E-state index in [1.165, 1.54) is 6.07 Å². The molecule has 0 bridgehead atoms. The molecule has 1 aliphatic rings. The minimum absolute atomic E-state index is 0.0232. The summed E-state index contributed by atoms with van der Waals surface area (Å²) in [4.78, 5) is 14.7. The minimum atomic E-state index is -4.43. The fourth-order valence-corrected chi connectivity index (χ4v) is 3.70. The summed E-state index contributed by atoms with van der Waals surface area (Å²) in [6, 6.07) is 7.30. The zero-order valence-corrected chi connectivity index (χ0v) is 17.6. The zero-order valence-electron chi connectivity index (χ0n) is 17.6. The van der Waals surface area contributed by atoms with Crippen LogP contribution in [0.25, 0.3) is 0 Å². The summed E-state index contributed by atoms with van der Waals surface area (Å²) in [7, 11) is 3.82. The molecule has 30 heavy (non-hydrogen) atoms. The van der Waals surface area contributed by atoms with Gasteiger partial charge in [-0.15, -0.1) is 0 Å². The van der Waals surface area contributed by atoms with Gasteiger partial charge in [-0.1, -0.05) is 36.8 Å². The van der Waals surface area contributed by atoms with Crippen molar-refractivity contribution >= 4 is 11.7 Å². The summed E-state index contributed by atoms with van der Waals surface area (Å²) in [5.74, 6) is -0.269. The first-order valence-electron chi connectivity index (χ1n) is 10.0. The molecule has 1 aromatic carbocycles. The van der Waals surface area contributed by atoms with Gasteiger partial charge >= 0.3 is 6.18 Å². The number of fused-ring (bicyclic) bond motifs is 1. The summed E-state index contributed by atoms with van der Waals surface area (Å²) < 4.78 is 41.4. The highest BCUT2D eigenvalue weighted by molar-refractivity contribution is 5.93. The van der Waals surface area contributed by atoms with Crippen LogP contribution in [0, 0.1) is 6.92 Å². The molecular weight excluding hydrogens is 395 g/mol. The fourth-order valence-electron chi connectivity index (χ4n) is 3.70. The number of aryl methyl sites for hydroxylation is 1. The first-order valence-corrected chi connectivity index (χ1v) is 10.0. The maximum Gasteiger partial charge on any atom is 0.410 e. The number of hydrogen-bond donors (Lipinski definition) is 2. The molecule has 9 heteroatoms. The molecule has 2 aromatic rings. The monoisotopic (exact) mass is 423 g/mol. The first-order chi connectivity index (χ1) is 14.1. The number of aromatic nitrogens is 2. The van der Waals surface area contributed by atoms with Gasteiger partial charge in [0, 0.05) is 18.7 Å². The van der Waals surface area contributed by atoms with Crippen LogP contribution in [-0.2, 0) is 0 Å². The molecule has 2 heterocycles. The van der Waals surface area contributed by atoms with Crippen molar-refractivity contribution in [2.24, 2.45) is 0 Å². The molecule has 1 amide bonds. The molecule has 0 saturated heterocycles. The van der Waals surface area contributed by atoms with Crippen molar-refractivity contribution < 1.29 is 18.0 Å². The highest BCUT2D eigenvalue weighted by Gasteiger charge is 2.46. The minimum Gasteiger partial charge on any atom is -0.367 e. The van der Waals surface area contributed by atoms with E-state index in [1.807, 2.05) is 57.1 Å². The second-order valence-electron chi connectivity index (χ2n) is 8.00. The van der Waals surface area contributed by atoms with Gasteiger partial charge in [-0.25, -0.2) is 4.68 Å². The third kappa shape index (κ3) is 4.77. The molecule has 2 N–H and O–H groups in total. The van der Waals surface area contributed by atoms with Crippen LogP contribution in [0.1, 0.15) is 53.5 Å². The summed E-state index contributed by atoms with van der Waals surface area (Å²) in [6.45, 7) is 4.14. The third-order valence-electron chi connectivity index (χ3n) is 5.54. The van der Waals surface area contributed by atoms with Crippen LogP contribution in [0.15, 0.2) is 30.3 Å². The van der Waals surface area contributed by atoms with Crippen LogP contribution < -0.4 is 10.6 Å². The number of amides is 1. The molecule has 6 nitrogen and oxygen atoms in total. The molecule has 1 aromatic heterocycles. The van der Waals surface area contributed by atoms with Gasteiger partial charge in [0.1, 0.15) is 5.82 Å². The molecule has 3 rings (SSSR count). The molecule has 0 radical (unpaired) electrons. The number of alkyl halides is 3. The van der Waals surface area contributed by atoms with E-state index in [4.69, 9.17) is 0 Å². The van der Waals surface area contributed by atoms with E-state index in [1.54, 1.807) is 0 Å². The number of likely N-dealkylation sites (N-methyl/N-ethyl adjacent to an activating group) is 1. The van der Waals surface area contributed by atoms with Crippen molar-refractivity contribution in [2.75, 3.05) is 26.0 Å². The Morgan fingerprint density at radius 3 is 2.57 bits per heavy atom. The molecule has 0 fully saturated rings. The molecular formula is C21H28F3N5O. The number of hydrogen-bond acceptors (Lipinski definition) is 4. The van der Waals surface area contributed by atoms with E-state index < -0.39 is 18.1 Å². The number of benzene rings is 1. The van der Waals surface area contributed by atoms with Gasteiger partial charge in [-0.2, -0.15) is 18.3 Å². The van der Waals surface area contributed by atoms with E-state index in [-0.39, 0.29) is 30.0 Å². The smallest absolute Gasteiger partial charge is 0.367 e. The Labute approximate surface area is 174 Å². The fraction of sp³-hybridized carbons (Fsp3) is 0.524. The summed E-state index contributed by atoms with van der Waals surface area (Å²) in [6.07, 6.45) is -3.97. The average Bonchev–Trinajstić information content (AvgIpc) is 3.11. The summed E-state index contributed by atoms with van der Waals surface area (Å²) in [5, 5.41) is 9.85. The first kappa shape index (κ1) is 22.1. The van der Waals surface area contributed by atoms with Gasteiger partial charge in [-0.05, 0) is 39.4 Å². The molecule has 1 unspecified atom stereocenters. The number of carbonyl (C=O) groups is 1. The Kier molecular flexibility index (Phi) is 6.40.